The van der Waals surface area contributed by atoms with Crippen LogP contribution in [0.5, 0.6) is 0 Å². The highest BCUT2D eigenvalue weighted by Crippen LogP contribution is 2.16. The number of benzene rings is 1. The Morgan fingerprint density at radius 2 is 2.03 bits per heavy atom. The first-order valence-corrected chi connectivity index (χ1v) is 10.4. The van der Waals surface area contributed by atoms with Crippen LogP contribution in [0.15, 0.2) is 35.1 Å². The second kappa shape index (κ2) is 8.56. The van der Waals surface area contributed by atoms with Crippen LogP contribution < -0.4 is 16.3 Å². The predicted molar refractivity (Wildman–Crippen MR) is 114 cm³/mol. The van der Waals surface area contributed by atoms with Gasteiger partial charge in [-0.2, -0.15) is 10.2 Å². The van der Waals surface area contributed by atoms with E-state index in [-0.39, 0.29) is 11.7 Å². The van der Waals surface area contributed by atoms with Crippen LogP contribution in [-0.2, 0) is 19.5 Å². The summed E-state index contributed by atoms with van der Waals surface area (Å²) >= 11 is 0. The molecule has 1 aliphatic rings. The van der Waals surface area contributed by atoms with E-state index in [1.807, 2.05) is 48.9 Å². The first-order chi connectivity index (χ1) is 14.5. The number of fused-ring (bicyclic) bond motifs is 1. The van der Waals surface area contributed by atoms with Gasteiger partial charge in [0.1, 0.15) is 5.82 Å². The molecule has 2 amide bonds. The average Bonchev–Trinajstić information content (AvgIpc) is 3.24. The number of carbonyl (C=O) groups is 1. The van der Waals surface area contributed by atoms with Gasteiger partial charge in [0.15, 0.2) is 0 Å². The van der Waals surface area contributed by atoms with Crippen molar-refractivity contribution in [3.05, 3.63) is 58.0 Å². The van der Waals surface area contributed by atoms with Crippen LogP contribution in [-0.4, -0.2) is 36.7 Å². The molecule has 1 aliphatic heterocycles. The van der Waals surface area contributed by atoms with Crippen molar-refractivity contribution in [1.29, 1.82) is 0 Å². The Kier molecular flexibility index (Phi) is 5.69. The largest absolute Gasteiger partial charge is 0.345 e. The summed E-state index contributed by atoms with van der Waals surface area (Å²) in [5.74, 6) is 0.874. The van der Waals surface area contributed by atoms with Gasteiger partial charge in [0, 0.05) is 37.4 Å². The lowest BCUT2D eigenvalue weighted by Crippen LogP contribution is -2.31. The number of hydrogen-bond acceptors (Lipinski definition) is 4. The summed E-state index contributed by atoms with van der Waals surface area (Å²) < 4.78 is 5.12. The molecule has 30 heavy (non-hydrogen) atoms. The summed E-state index contributed by atoms with van der Waals surface area (Å²) in [7, 11) is 0. The summed E-state index contributed by atoms with van der Waals surface area (Å²) in [4.78, 5) is 24.5. The van der Waals surface area contributed by atoms with Crippen molar-refractivity contribution in [2.45, 2.75) is 52.6 Å². The van der Waals surface area contributed by atoms with Gasteiger partial charge in [-0.15, -0.1) is 0 Å². The number of aromatic nitrogens is 5. The van der Waals surface area contributed by atoms with Crippen molar-refractivity contribution in [2.24, 2.45) is 0 Å². The van der Waals surface area contributed by atoms with Crippen LogP contribution in [0.2, 0.25) is 0 Å². The number of aryl methyl sites for hydroxylation is 4. The summed E-state index contributed by atoms with van der Waals surface area (Å²) in [6.07, 6.45) is 3.61. The maximum atomic E-state index is 12.3. The average molecular weight is 409 g/mol. The molecule has 3 aromatic rings. The standard InChI is InChI=1S/C21H27N7O2/c1-15-13-16(2)28(24-15)18-8-5-7-17(14-18)23-20(29)22-10-6-12-27-21(30)26-11-4-3-9-19(26)25-27/h5,7-8,13-14H,3-4,6,9-12H2,1-2H3,(H2,22,23,29). The molecule has 0 radical (unpaired) electrons. The number of amides is 2. The maximum absolute atomic E-state index is 12.3. The molecule has 0 saturated heterocycles. The minimum Gasteiger partial charge on any atom is -0.338 e. The van der Waals surface area contributed by atoms with Gasteiger partial charge < -0.3 is 10.6 Å². The summed E-state index contributed by atoms with van der Waals surface area (Å²) in [6.45, 7) is 5.65. The zero-order chi connectivity index (χ0) is 21.1. The molecular weight excluding hydrogens is 382 g/mol. The molecule has 0 atom stereocenters. The molecule has 1 aromatic carbocycles. The lowest BCUT2D eigenvalue weighted by molar-refractivity contribution is 0.251. The Labute approximate surface area is 174 Å². The van der Waals surface area contributed by atoms with Crippen LogP contribution in [0.3, 0.4) is 0 Å². The Balaban J connectivity index is 1.28. The van der Waals surface area contributed by atoms with E-state index >= 15 is 0 Å². The van der Waals surface area contributed by atoms with E-state index in [0.29, 0.717) is 25.2 Å². The third-order valence-corrected chi connectivity index (χ3v) is 5.22. The zero-order valence-electron chi connectivity index (χ0n) is 17.4. The van der Waals surface area contributed by atoms with Crippen LogP contribution in [0.1, 0.15) is 36.5 Å². The van der Waals surface area contributed by atoms with Crippen molar-refractivity contribution in [3.8, 4) is 5.69 Å². The summed E-state index contributed by atoms with van der Waals surface area (Å²) in [5, 5.41) is 14.6. The fraction of sp³-hybridized carbons (Fsp3) is 0.429. The van der Waals surface area contributed by atoms with E-state index < -0.39 is 0 Å². The molecule has 0 bridgehead atoms. The lowest BCUT2D eigenvalue weighted by atomic mass is 10.2. The minimum atomic E-state index is -0.281. The van der Waals surface area contributed by atoms with Gasteiger partial charge in [0.25, 0.3) is 0 Å². The molecule has 0 spiro atoms. The third-order valence-electron chi connectivity index (χ3n) is 5.22. The first-order valence-electron chi connectivity index (χ1n) is 10.4. The fourth-order valence-corrected chi connectivity index (χ4v) is 3.81. The molecule has 3 heterocycles. The highest BCUT2D eigenvalue weighted by Gasteiger charge is 2.16. The molecule has 0 saturated carbocycles. The van der Waals surface area contributed by atoms with Gasteiger partial charge in [-0.25, -0.2) is 19.0 Å². The molecule has 9 nitrogen and oxygen atoms in total. The van der Waals surface area contributed by atoms with Gasteiger partial charge in [-0.05, 0) is 57.4 Å². The van der Waals surface area contributed by atoms with E-state index in [2.05, 4.69) is 20.8 Å². The number of nitrogens with one attached hydrogen (secondary N) is 2. The van der Waals surface area contributed by atoms with Crippen molar-refractivity contribution in [3.63, 3.8) is 0 Å². The lowest BCUT2D eigenvalue weighted by Gasteiger charge is -2.10. The van der Waals surface area contributed by atoms with Gasteiger partial charge in [-0.1, -0.05) is 6.07 Å². The van der Waals surface area contributed by atoms with Crippen molar-refractivity contribution in [2.75, 3.05) is 11.9 Å². The van der Waals surface area contributed by atoms with E-state index in [4.69, 9.17) is 0 Å². The van der Waals surface area contributed by atoms with Crippen molar-refractivity contribution >= 4 is 11.7 Å². The molecule has 0 aliphatic carbocycles. The zero-order valence-corrected chi connectivity index (χ0v) is 17.4. The number of hydrogen-bond donors (Lipinski definition) is 2. The number of urea groups is 1. The van der Waals surface area contributed by atoms with Gasteiger partial charge >= 0.3 is 11.7 Å². The molecule has 0 fully saturated rings. The normalized spacial score (nSPS) is 13.1. The highest BCUT2D eigenvalue weighted by molar-refractivity contribution is 5.89. The van der Waals surface area contributed by atoms with Crippen molar-refractivity contribution < 1.29 is 4.79 Å². The minimum absolute atomic E-state index is 0.0462. The molecule has 9 heteroatoms. The monoisotopic (exact) mass is 409 g/mol. The van der Waals surface area contributed by atoms with E-state index in [0.717, 1.165) is 48.7 Å². The number of anilines is 1. The van der Waals surface area contributed by atoms with Crippen molar-refractivity contribution in [1.82, 2.24) is 29.4 Å². The molecule has 0 unspecified atom stereocenters. The van der Waals surface area contributed by atoms with Crippen LogP contribution in [0.25, 0.3) is 5.69 Å². The Hall–Kier alpha value is -3.36. The van der Waals surface area contributed by atoms with Crippen LogP contribution >= 0.6 is 0 Å². The van der Waals surface area contributed by atoms with Crippen LogP contribution in [0, 0.1) is 13.8 Å². The quantitative estimate of drug-likeness (QED) is 0.611. The second-order valence-electron chi connectivity index (χ2n) is 7.65. The van der Waals surface area contributed by atoms with E-state index in [9.17, 15) is 9.59 Å². The fourth-order valence-electron chi connectivity index (χ4n) is 3.81. The Bertz CT molecular complexity index is 1110. The summed E-state index contributed by atoms with van der Waals surface area (Å²) in [6, 6.07) is 9.28. The second-order valence-corrected chi connectivity index (χ2v) is 7.65. The molecule has 158 valence electrons. The Morgan fingerprint density at radius 1 is 1.17 bits per heavy atom. The molecular formula is C21H27N7O2. The number of carbonyl (C=O) groups excluding carboxylic acids is 1. The number of rotatable bonds is 6. The first kappa shape index (κ1) is 19.9. The van der Waals surface area contributed by atoms with Gasteiger partial charge in [0.05, 0.1) is 11.4 Å². The number of nitrogens with zero attached hydrogens (tertiary/aromatic N) is 5. The molecule has 2 N–H and O–H groups in total. The third kappa shape index (κ3) is 4.29. The van der Waals surface area contributed by atoms with E-state index in [1.54, 1.807) is 4.57 Å². The molecule has 2 aromatic heterocycles. The van der Waals surface area contributed by atoms with Crippen LogP contribution in [0.4, 0.5) is 10.5 Å². The SMILES string of the molecule is Cc1cc(C)n(-c2cccc(NC(=O)NCCCn3nc4n(c3=O)CCCC4)c2)n1. The van der Waals surface area contributed by atoms with Gasteiger partial charge in [-0.3, -0.25) is 4.57 Å². The van der Waals surface area contributed by atoms with Gasteiger partial charge in [0.2, 0.25) is 0 Å². The maximum Gasteiger partial charge on any atom is 0.345 e. The Morgan fingerprint density at radius 3 is 2.80 bits per heavy atom. The highest BCUT2D eigenvalue weighted by atomic mass is 16.2. The predicted octanol–water partition coefficient (Wildman–Crippen LogP) is 2.40. The smallest absolute Gasteiger partial charge is 0.338 e. The summed E-state index contributed by atoms with van der Waals surface area (Å²) in [5.41, 5.74) is 3.51. The molecule has 4 rings (SSSR count). The topological polar surface area (TPSA) is 98.8 Å². The van der Waals surface area contributed by atoms with E-state index in [1.165, 1.54) is 4.68 Å².